The molecule has 0 bridgehead atoms. The van der Waals surface area contributed by atoms with E-state index in [1.165, 1.54) is 0 Å². The zero-order valence-electron chi connectivity index (χ0n) is 7.59. The van der Waals surface area contributed by atoms with E-state index < -0.39 is 11.6 Å². The van der Waals surface area contributed by atoms with E-state index in [-0.39, 0.29) is 10.8 Å². The number of halogens is 2. The maximum absolute atomic E-state index is 13.0. The van der Waals surface area contributed by atoms with Crippen LogP contribution in [0.5, 0.6) is 0 Å². The molecule has 0 saturated carbocycles. The quantitative estimate of drug-likeness (QED) is 0.619. The molecular weight excluding hydrogens is 210 g/mol. The Hall–Kier alpha value is -0.880. The summed E-state index contributed by atoms with van der Waals surface area (Å²) in [5.74, 6) is -1.27. The van der Waals surface area contributed by atoms with Gasteiger partial charge in [-0.2, -0.15) is 0 Å². The number of hydrogen-bond donors (Lipinski definition) is 1. The molecule has 1 rings (SSSR count). The first-order valence-corrected chi connectivity index (χ1v) is 4.87. The Morgan fingerprint density at radius 2 is 2.21 bits per heavy atom. The van der Waals surface area contributed by atoms with E-state index >= 15 is 0 Å². The number of nitrogen functional groups attached to an aromatic ring is 1. The van der Waals surface area contributed by atoms with Gasteiger partial charge in [-0.15, -0.1) is 11.8 Å². The van der Waals surface area contributed by atoms with E-state index in [0.717, 1.165) is 17.8 Å². The lowest BCUT2D eigenvalue weighted by molar-refractivity contribution is 0.218. The van der Waals surface area contributed by atoms with E-state index in [1.807, 2.05) is 0 Å². The molecule has 0 aliphatic rings. The minimum atomic E-state index is -0.835. The molecule has 0 amide bonds. The third kappa shape index (κ3) is 2.81. The predicted molar refractivity (Wildman–Crippen MR) is 51.2 cm³/mol. The molecule has 0 fully saturated rings. The summed E-state index contributed by atoms with van der Waals surface area (Å²) in [5, 5.41) is 0.0981. The minimum absolute atomic E-state index is 0.0981. The van der Waals surface area contributed by atoms with Crippen LogP contribution in [-0.4, -0.2) is 24.5 Å². The lowest BCUT2D eigenvalue weighted by atomic mass is 10.4. The summed E-state index contributed by atoms with van der Waals surface area (Å²) in [6, 6.07) is 0.734. The van der Waals surface area contributed by atoms with Crippen molar-refractivity contribution in [3.63, 3.8) is 0 Å². The lowest BCUT2D eigenvalue weighted by Crippen LogP contribution is -2.00. The van der Waals surface area contributed by atoms with E-state index in [2.05, 4.69) is 4.98 Å². The zero-order valence-corrected chi connectivity index (χ0v) is 8.41. The number of rotatable bonds is 4. The standard InChI is InChI=1S/C8H10F2N2OS/c1-13-2-3-14-8-6(10)4-5(9)7(11)12-8/h4H,2-3H2,1H3,(H2,11,12). The summed E-state index contributed by atoms with van der Waals surface area (Å²) in [7, 11) is 1.55. The minimum Gasteiger partial charge on any atom is -0.384 e. The van der Waals surface area contributed by atoms with Gasteiger partial charge in [0.1, 0.15) is 5.03 Å². The topological polar surface area (TPSA) is 48.1 Å². The third-order valence-corrected chi connectivity index (χ3v) is 2.38. The van der Waals surface area contributed by atoms with Crippen LogP contribution in [0.2, 0.25) is 0 Å². The Morgan fingerprint density at radius 3 is 2.86 bits per heavy atom. The van der Waals surface area contributed by atoms with Gasteiger partial charge in [-0.05, 0) is 0 Å². The van der Waals surface area contributed by atoms with E-state index in [0.29, 0.717) is 12.4 Å². The highest BCUT2D eigenvalue weighted by molar-refractivity contribution is 7.99. The number of nitrogens with two attached hydrogens (primary N) is 1. The van der Waals surface area contributed by atoms with Crippen LogP contribution in [0, 0.1) is 11.6 Å². The van der Waals surface area contributed by atoms with Gasteiger partial charge in [0.25, 0.3) is 0 Å². The summed E-state index contributed by atoms with van der Waals surface area (Å²) >= 11 is 1.14. The van der Waals surface area contributed by atoms with Gasteiger partial charge in [0.15, 0.2) is 17.5 Å². The second kappa shape index (κ2) is 5.11. The molecule has 1 aromatic rings. The SMILES string of the molecule is COCCSc1nc(N)c(F)cc1F. The smallest absolute Gasteiger partial charge is 0.168 e. The monoisotopic (exact) mass is 220 g/mol. The lowest BCUT2D eigenvalue weighted by Gasteiger charge is -2.03. The summed E-state index contributed by atoms with van der Waals surface area (Å²) < 4.78 is 30.5. The van der Waals surface area contributed by atoms with Crippen molar-refractivity contribution in [1.29, 1.82) is 0 Å². The van der Waals surface area contributed by atoms with Gasteiger partial charge in [-0.25, -0.2) is 13.8 Å². The highest BCUT2D eigenvalue weighted by Crippen LogP contribution is 2.22. The van der Waals surface area contributed by atoms with Crippen LogP contribution in [-0.2, 0) is 4.74 Å². The highest BCUT2D eigenvalue weighted by atomic mass is 32.2. The fraction of sp³-hybridized carbons (Fsp3) is 0.375. The van der Waals surface area contributed by atoms with Crippen molar-refractivity contribution in [2.24, 2.45) is 0 Å². The number of thioether (sulfide) groups is 1. The molecule has 0 spiro atoms. The molecule has 14 heavy (non-hydrogen) atoms. The molecule has 78 valence electrons. The first kappa shape index (κ1) is 11.2. The highest BCUT2D eigenvalue weighted by Gasteiger charge is 2.09. The van der Waals surface area contributed by atoms with Crippen LogP contribution in [0.3, 0.4) is 0 Å². The molecule has 6 heteroatoms. The molecule has 0 unspecified atom stereocenters. The summed E-state index contributed by atoms with van der Waals surface area (Å²) in [6.45, 7) is 0.475. The van der Waals surface area contributed by atoms with Crippen molar-refractivity contribution in [3.8, 4) is 0 Å². The van der Waals surface area contributed by atoms with Crippen molar-refractivity contribution >= 4 is 17.6 Å². The summed E-state index contributed by atoms with van der Waals surface area (Å²) in [6.07, 6.45) is 0. The van der Waals surface area contributed by atoms with Crippen molar-refractivity contribution < 1.29 is 13.5 Å². The Labute approximate surface area is 84.7 Å². The van der Waals surface area contributed by atoms with Crippen molar-refractivity contribution in [2.45, 2.75) is 5.03 Å². The number of methoxy groups -OCH3 is 1. The van der Waals surface area contributed by atoms with E-state index in [1.54, 1.807) is 7.11 Å². The molecule has 1 heterocycles. The van der Waals surface area contributed by atoms with Crippen LogP contribution in [0.4, 0.5) is 14.6 Å². The molecule has 0 saturated heterocycles. The number of nitrogens with zero attached hydrogens (tertiary/aromatic N) is 1. The Balaban J connectivity index is 2.72. The van der Waals surface area contributed by atoms with Gasteiger partial charge >= 0.3 is 0 Å². The molecular formula is C8H10F2N2OS. The Bertz CT molecular complexity index is 322. The second-order valence-corrected chi connectivity index (χ2v) is 3.57. The predicted octanol–water partition coefficient (Wildman–Crippen LogP) is 1.68. The van der Waals surface area contributed by atoms with Crippen molar-refractivity contribution in [3.05, 3.63) is 17.7 Å². The maximum atomic E-state index is 13.0. The summed E-state index contributed by atoms with van der Waals surface area (Å²) in [5.41, 5.74) is 5.20. The normalized spacial score (nSPS) is 10.5. The fourth-order valence-corrected chi connectivity index (χ4v) is 1.59. The first-order chi connectivity index (χ1) is 6.65. The second-order valence-electron chi connectivity index (χ2n) is 2.48. The molecule has 0 aromatic carbocycles. The van der Waals surface area contributed by atoms with Gasteiger partial charge < -0.3 is 10.5 Å². The van der Waals surface area contributed by atoms with E-state index in [9.17, 15) is 8.78 Å². The van der Waals surface area contributed by atoms with Gasteiger partial charge in [-0.1, -0.05) is 0 Å². The first-order valence-electron chi connectivity index (χ1n) is 3.88. The molecule has 0 atom stereocenters. The number of anilines is 1. The molecule has 2 N–H and O–H groups in total. The van der Waals surface area contributed by atoms with Crippen molar-refractivity contribution in [2.75, 3.05) is 25.2 Å². The number of ether oxygens (including phenoxy) is 1. The van der Waals surface area contributed by atoms with Gasteiger partial charge in [0, 0.05) is 18.9 Å². The van der Waals surface area contributed by atoms with Crippen LogP contribution < -0.4 is 5.73 Å². The maximum Gasteiger partial charge on any atom is 0.168 e. The molecule has 0 radical (unpaired) electrons. The number of hydrogen-bond acceptors (Lipinski definition) is 4. The van der Waals surface area contributed by atoms with Crippen LogP contribution >= 0.6 is 11.8 Å². The molecule has 1 aromatic heterocycles. The van der Waals surface area contributed by atoms with Crippen LogP contribution in [0.1, 0.15) is 0 Å². The van der Waals surface area contributed by atoms with Crippen LogP contribution in [0.15, 0.2) is 11.1 Å². The average Bonchev–Trinajstić information content (AvgIpc) is 2.14. The summed E-state index contributed by atoms with van der Waals surface area (Å²) in [4.78, 5) is 3.58. The number of aromatic nitrogens is 1. The van der Waals surface area contributed by atoms with Crippen LogP contribution in [0.25, 0.3) is 0 Å². The number of pyridine rings is 1. The van der Waals surface area contributed by atoms with E-state index in [4.69, 9.17) is 10.5 Å². The molecule has 3 nitrogen and oxygen atoms in total. The third-order valence-electron chi connectivity index (χ3n) is 1.45. The largest absolute Gasteiger partial charge is 0.384 e. The van der Waals surface area contributed by atoms with Gasteiger partial charge in [0.2, 0.25) is 0 Å². The van der Waals surface area contributed by atoms with Crippen molar-refractivity contribution in [1.82, 2.24) is 4.98 Å². The molecule has 0 aliphatic carbocycles. The Kier molecular flexibility index (Phi) is 4.09. The average molecular weight is 220 g/mol. The van der Waals surface area contributed by atoms with Gasteiger partial charge in [-0.3, -0.25) is 0 Å². The fourth-order valence-electron chi connectivity index (χ4n) is 0.786. The molecule has 0 aliphatic heterocycles. The Morgan fingerprint density at radius 1 is 1.50 bits per heavy atom. The van der Waals surface area contributed by atoms with Gasteiger partial charge in [0.05, 0.1) is 6.61 Å². The zero-order chi connectivity index (χ0) is 10.6.